The zero-order valence-electron chi connectivity index (χ0n) is 12.0. The number of nitrogens with zero attached hydrogens (tertiary/aromatic N) is 2. The van der Waals surface area contributed by atoms with Crippen LogP contribution < -0.4 is 16.4 Å². The van der Waals surface area contributed by atoms with Gasteiger partial charge < -0.3 is 21.5 Å². The fraction of sp³-hybridized carbons (Fsp3) is 0.429. The molecule has 2 rings (SSSR count). The highest BCUT2D eigenvalue weighted by atomic mass is 19.1. The summed E-state index contributed by atoms with van der Waals surface area (Å²) in [5, 5.41) is 8.98. The molecular formula is C14H19FN4O3. The molecule has 5 N–H and O–H groups in total. The molecule has 0 bridgehead atoms. The zero-order valence-corrected chi connectivity index (χ0v) is 12.0. The standard InChI is InChI=1S/C14H19FN4O3/c15-9-1-3-10(4-2-9)18-5-7-19(8-6-18)12(13(17)20)11(16)14(21)22/h1-4,11-12H,5-8,16H2,(H2,17,20)(H,21,22)/t11-,12?/m0/s1. The predicted molar refractivity (Wildman–Crippen MR) is 78.8 cm³/mol. The third kappa shape index (κ3) is 3.52. The summed E-state index contributed by atoms with van der Waals surface area (Å²) in [6, 6.07) is 3.74. The first-order valence-corrected chi connectivity index (χ1v) is 6.92. The molecule has 1 aliphatic heterocycles. The van der Waals surface area contributed by atoms with Crippen LogP contribution in [0.1, 0.15) is 0 Å². The van der Waals surface area contributed by atoms with E-state index in [9.17, 15) is 14.0 Å². The molecule has 1 aromatic carbocycles. The second kappa shape index (κ2) is 6.71. The molecule has 1 aliphatic rings. The Morgan fingerprint density at radius 2 is 1.68 bits per heavy atom. The van der Waals surface area contributed by atoms with Crippen molar-refractivity contribution in [3.63, 3.8) is 0 Å². The number of nitrogens with two attached hydrogens (primary N) is 2. The van der Waals surface area contributed by atoms with E-state index in [1.165, 1.54) is 12.1 Å². The van der Waals surface area contributed by atoms with Gasteiger partial charge in [-0.1, -0.05) is 0 Å². The second-order valence-corrected chi connectivity index (χ2v) is 5.21. The SMILES string of the molecule is NC(=O)C([C@H](N)C(=O)O)N1CCN(c2ccc(F)cc2)CC1. The van der Waals surface area contributed by atoms with Gasteiger partial charge in [0, 0.05) is 31.9 Å². The summed E-state index contributed by atoms with van der Waals surface area (Å²) >= 11 is 0. The fourth-order valence-electron chi connectivity index (χ4n) is 2.63. The van der Waals surface area contributed by atoms with Crippen LogP contribution in [-0.2, 0) is 9.59 Å². The van der Waals surface area contributed by atoms with Crippen molar-refractivity contribution in [1.82, 2.24) is 4.90 Å². The zero-order chi connectivity index (χ0) is 16.3. The maximum atomic E-state index is 12.9. The van der Waals surface area contributed by atoms with Gasteiger partial charge in [-0.05, 0) is 24.3 Å². The van der Waals surface area contributed by atoms with Gasteiger partial charge >= 0.3 is 5.97 Å². The first kappa shape index (κ1) is 16.2. The number of carbonyl (C=O) groups excluding carboxylic acids is 1. The number of carbonyl (C=O) groups is 2. The molecule has 1 heterocycles. The topological polar surface area (TPSA) is 113 Å². The van der Waals surface area contributed by atoms with Gasteiger partial charge in [-0.25, -0.2) is 4.39 Å². The number of carboxylic acid groups (broad SMARTS) is 1. The van der Waals surface area contributed by atoms with Crippen molar-refractivity contribution >= 4 is 17.6 Å². The summed E-state index contributed by atoms with van der Waals surface area (Å²) in [5.74, 6) is -2.31. The summed E-state index contributed by atoms with van der Waals surface area (Å²) in [6.07, 6.45) is 0. The molecule has 0 saturated carbocycles. The van der Waals surface area contributed by atoms with Crippen LogP contribution in [0.25, 0.3) is 0 Å². The number of rotatable bonds is 5. The number of anilines is 1. The van der Waals surface area contributed by atoms with Crippen LogP contribution in [0, 0.1) is 5.82 Å². The minimum atomic E-state index is -1.35. The Labute approximate surface area is 127 Å². The van der Waals surface area contributed by atoms with Crippen LogP contribution in [0.2, 0.25) is 0 Å². The molecule has 0 spiro atoms. The lowest BCUT2D eigenvalue weighted by atomic mass is 10.1. The Hall–Kier alpha value is -2.19. The molecule has 1 amide bonds. The Morgan fingerprint density at radius 1 is 1.14 bits per heavy atom. The Kier molecular flexibility index (Phi) is 4.94. The second-order valence-electron chi connectivity index (χ2n) is 5.21. The number of amides is 1. The number of piperazine rings is 1. The van der Waals surface area contributed by atoms with Crippen molar-refractivity contribution in [2.75, 3.05) is 31.1 Å². The molecule has 1 aromatic rings. The number of hydrogen-bond donors (Lipinski definition) is 3. The van der Waals surface area contributed by atoms with E-state index in [4.69, 9.17) is 16.6 Å². The summed E-state index contributed by atoms with van der Waals surface area (Å²) in [7, 11) is 0. The normalized spacial score (nSPS) is 18.7. The van der Waals surface area contributed by atoms with Gasteiger partial charge in [-0.2, -0.15) is 0 Å². The number of halogens is 1. The number of aliphatic carboxylic acids is 1. The third-order valence-corrected chi connectivity index (χ3v) is 3.82. The smallest absolute Gasteiger partial charge is 0.322 e. The lowest BCUT2D eigenvalue weighted by Crippen LogP contribution is -2.62. The summed E-state index contributed by atoms with van der Waals surface area (Å²) in [6.45, 7) is 2.04. The molecule has 0 aliphatic carbocycles. The maximum absolute atomic E-state index is 12.9. The first-order chi connectivity index (χ1) is 10.4. The van der Waals surface area contributed by atoms with E-state index in [1.807, 2.05) is 4.90 Å². The molecule has 2 atom stereocenters. The quantitative estimate of drug-likeness (QED) is 0.657. The molecular weight excluding hydrogens is 291 g/mol. The molecule has 1 fully saturated rings. The van der Waals surface area contributed by atoms with E-state index in [1.54, 1.807) is 17.0 Å². The van der Waals surface area contributed by atoms with Crippen molar-refractivity contribution in [1.29, 1.82) is 0 Å². The summed E-state index contributed by atoms with van der Waals surface area (Å²) in [4.78, 5) is 26.2. The minimum absolute atomic E-state index is 0.302. The van der Waals surface area contributed by atoms with E-state index in [2.05, 4.69) is 0 Å². The minimum Gasteiger partial charge on any atom is -0.480 e. The molecule has 1 saturated heterocycles. The van der Waals surface area contributed by atoms with Crippen molar-refractivity contribution in [2.45, 2.75) is 12.1 Å². The van der Waals surface area contributed by atoms with E-state index >= 15 is 0 Å². The van der Waals surface area contributed by atoms with Crippen LogP contribution in [0.3, 0.4) is 0 Å². The Balaban J connectivity index is 2.02. The van der Waals surface area contributed by atoms with Gasteiger partial charge in [-0.15, -0.1) is 0 Å². The van der Waals surface area contributed by atoms with Gasteiger partial charge in [0.15, 0.2) is 0 Å². The number of carboxylic acids is 1. The molecule has 1 unspecified atom stereocenters. The average molecular weight is 310 g/mol. The highest BCUT2D eigenvalue weighted by Crippen LogP contribution is 2.18. The number of benzene rings is 1. The lowest BCUT2D eigenvalue weighted by molar-refractivity contribution is -0.143. The van der Waals surface area contributed by atoms with E-state index < -0.39 is 24.0 Å². The van der Waals surface area contributed by atoms with Gasteiger partial charge in [0.1, 0.15) is 17.9 Å². The van der Waals surface area contributed by atoms with Crippen LogP contribution in [0.4, 0.5) is 10.1 Å². The maximum Gasteiger partial charge on any atom is 0.322 e. The molecule has 0 radical (unpaired) electrons. The van der Waals surface area contributed by atoms with Crippen LogP contribution >= 0.6 is 0 Å². The monoisotopic (exact) mass is 310 g/mol. The first-order valence-electron chi connectivity index (χ1n) is 6.92. The van der Waals surface area contributed by atoms with Gasteiger partial charge in [-0.3, -0.25) is 14.5 Å². The molecule has 7 nitrogen and oxygen atoms in total. The third-order valence-electron chi connectivity index (χ3n) is 3.82. The van der Waals surface area contributed by atoms with E-state index in [0.717, 1.165) is 5.69 Å². The molecule has 8 heteroatoms. The molecule has 0 aromatic heterocycles. The average Bonchev–Trinajstić information content (AvgIpc) is 2.48. The molecule has 120 valence electrons. The van der Waals surface area contributed by atoms with Crippen molar-refractivity contribution in [2.24, 2.45) is 11.5 Å². The highest BCUT2D eigenvalue weighted by Gasteiger charge is 2.36. The van der Waals surface area contributed by atoms with Crippen molar-refractivity contribution < 1.29 is 19.1 Å². The lowest BCUT2D eigenvalue weighted by Gasteiger charge is -2.40. The highest BCUT2D eigenvalue weighted by molar-refractivity contribution is 5.88. The largest absolute Gasteiger partial charge is 0.480 e. The van der Waals surface area contributed by atoms with E-state index in [0.29, 0.717) is 26.2 Å². The number of hydrogen-bond acceptors (Lipinski definition) is 5. The van der Waals surface area contributed by atoms with Gasteiger partial charge in [0.05, 0.1) is 0 Å². The van der Waals surface area contributed by atoms with E-state index in [-0.39, 0.29) is 5.82 Å². The van der Waals surface area contributed by atoms with Gasteiger partial charge in [0.25, 0.3) is 0 Å². The summed E-state index contributed by atoms with van der Waals surface area (Å²) in [5.41, 5.74) is 11.7. The Morgan fingerprint density at radius 3 is 2.14 bits per heavy atom. The van der Waals surface area contributed by atoms with Gasteiger partial charge in [0.2, 0.25) is 5.91 Å². The summed E-state index contributed by atoms with van der Waals surface area (Å²) < 4.78 is 12.9. The van der Waals surface area contributed by atoms with Crippen LogP contribution in [-0.4, -0.2) is 60.1 Å². The molecule has 22 heavy (non-hydrogen) atoms. The van der Waals surface area contributed by atoms with Crippen molar-refractivity contribution in [3.8, 4) is 0 Å². The van der Waals surface area contributed by atoms with Crippen LogP contribution in [0.5, 0.6) is 0 Å². The Bertz CT molecular complexity index is 544. The van der Waals surface area contributed by atoms with Crippen LogP contribution in [0.15, 0.2) is 24.3 Å². The fourth-order valence-corrected chi connectivity index (χ4v) is 2.63. The van der Waals surface area contributed by atoms with Crippen molar-refractivity contribution in [3.05, 3.63) is 30.1 Å². The number of primary amides is 1. The predicted octanol–water partition coefficient (Wildman–Crippen LogP) is -0.786.